The maximum absolute atomic E-state index is 6.59. The molecule has 1 aliphatic carbocycles. The van der Waals surface area contributed by atoms with E-state index in [-0.39, 0.29) is 6.10 Å². The number of fused-ring (bicyclic) bond motifs is 2. The van der Waals surface area contributed by atoms with Gasteiger partial charge in [-0.05, 0) is 65.4 Å². The Hall–Kier alpha value is -2.80. The molecule has 7 heteroatoms. The average Bonchev–Trinajstić information content (AvgIpc) is 3.34. The number of aromatic nitrogens is 4. The van der Waals surface area contributed by atoms with Crippen molar-refractivity contribution < 1.29 is 9.47 Å². The lowest BCUT2D eigenvalue weighted by Gasteiger charge is -2.28. The number of halogens is 1. The Morgan fingerprint density at radius 2 is 2.03 bits per heavy atom. The van der Waals surface area contributed by atoms with Gasteiger partial charge in [0.2, 0.25) is 0 Å². The molecule has 2 aromatic heterocycles. The highest BCUT2D eigenvalue weighted by atomic mass is 79.9. The summed E-state index contributed by atoms with van der Waals surface area (Å²) in [5, 5.41) is 9.91. The van der Waals surface area contributed by atoms with Crippen LogP contribution in [0.25, 0.3) is 16.6 Å². The van der Waals surface area contributed by atoms with Crippen molar-refractivity contribution in [1.29, 1.82) is 0 Å². The van der Waals surface area contributed by atoms with E-state index in [2.05, 4.69) is 51.3 Å². The summed E-state index contributed by atoms with van der Waals surface area (Å²) in [6.07, 6.45) is 8.71. The van der Waals surface area contributed by atoms with Crippen LogP contribution in [0.15, 0.2) is 47.3 Å². The number of aryl methyl sites for hydroxylation is 2. The third kappa shape index (κ3) is 3.17. The molecule has 4 aromatic rings. The van der Waals surface area contributed by atoms with E-state index in [0.717, 1.165) is 57.4 Å². The Kier molecular flexibility index (Phi) is 4.77. The van der Waals surface area contributed by atoms with Crippen molar-refractivity contribution in [2.75, 3.05) is 7.11 Å². The monoisotopic (exact) mass is 466 g/mol. The zero-order chi connectivity index (χ0) is 20.8. The minimum Gasteiger partial charge on any atom is -0.495 e. The van der Waals surface area contributed by atoms with Crippen molar-refractivity contribution in [3.05, 3.63) is 64.0 Å². The quantitative estimate of drug-likeness (QED) is 0.409. The summed E-state index contributed by atoms with van der Waals surface area (Å²) in [7, 11) is 3.63. The van der Waals surface area contributed by atoms with Crippen LogP contribution in [0, 0.1) is 6.92 Å². The lowest BCUT2D eigenvalue weighted by Crippen LogP contribution is -2.16. The molecule has 0 amide bonds. The van der Waals surface area contributed by atoms with Crippen molar-refractivity contribution in [3.8, 4) is 17.2 Å². The summed E-state index contributed by atoms with van der Waals surface area (Å²) in [5.74, 6) is 1.80. The number of hydrogen-bond acceptors (Lipinski definition) is 4. The van der Waals surface area contributed by atoms with E-state index in [0.29, 0.717) is 0 Å². The van der Waals surface area contributed by atoms with Gasteiger partial charge in [0.1, 0.15) is 23.3 Å². The van der Waals surface area contributed by atoms with Crippen LogP contribution in [0.4, 0.5) is 0 Å². The molecular formula is C23H23BrN4O2. The van der Waals surface area contributed by atoms with E-state index in [4.69, 9.17) is 9.47 Å². The fourth-order valence-electron chi connectivity index (χ4n) is 4.31. The Morgan fingerprint density at radius 3 is 2.80 bits per heavy atom. The highest BCUT2D eigenvalue weighted by Crippen LogP contribution is 2.42. The Bertz CT molecular complexity index is 1240. The van der Waals surface area contributed by atoms with Crippen LogP contribution in [0.3, 0.4) is 0 Å². The number of rotatable bonds is 4. The van der Waals surface area contributed by atoms with Gasteiger partial charge in [-0.25, -0.2) is 4.68 Å². The first-order valence-electron chi connectivity index (χ1n) is 10.0. The number of hydrogen-bond donors (Lipinski definition) is 0. The summed E-state index contributed by atoms with van der Waals surface area (Å²) < 4.78 is 16.9. The first kappa shape index (κ1) is 19.2. The summed E-state index contributed by atoms with van der Waals surface area (Å²) in [5.41, 5.74) is 5.49. The van der Waals surface area contributed by atoms with Gasteiger partial charge in [-0.1, -0.05) is 6.07 Å². The molecular weight excluding hydrogens is 444 g/mol. The van der Waals surface area contributed by atoms with Crippen LogP contribution in [-0.2, 0) is 13.5 Å². The van der Waals surface area contributed by atoms with Crippen molar-refractivity contribution in [2.24, 2.45) is 7.05 Å². The first-order chi connectivity index (χ1) is 14.5. The van der Waals surface area contributed by atoms with Crippen LogP contribution >= 0.6 is 15.9 Å². The summed E-state index contributed by atoms with van der Waals surface area (Å²) in [4.78, 5) is 0. The van der Waals surface area contributed by atoms with Gasteiger partial charge in [-0.3, -0.25) is 4.68 Å². The predicted octanol–water partition coefficient (Wildman–Crippen LogP) is 5.29. The molecule has 2 aromatic carbocycles. The van der Waals surface area contributed by atoms with Crippen LogP contribution in [0.2, 0.25) is 0 Å². The van der Waals surface area contributed by atoms with E-state index >= 15 is 0 Å². The molecule has 0 saturated heterocycles. The van der Waals surface area contributed by atoms with Crippen molar-refractivity contribution >= 4 is 26.8 Å². The molecule has 30 heavy (non-hydrogen) atoms. The molecule has 0 aliphatic heterocycles. The standard InChI is InChI=1S/C23H23BrN4O2/c1-14-9-15-11-26-28(16-12-25-27(2)13-16)20(15)10-22(14)30-21-6-4-5-18-17(21)7-8-19(24)23(18)29-3/h7-13,21H,4-6H2,1-3H3. The first-order valence-corrected chi connectivity index (χ1v) is 10.8. The summed E-state index contributed by atoms with van der Waals surface area (Å²) >= 11 is 3.61. The topological polar surface area (TPSA) is 54.1 Å². The van der Waals surface area contributed by atoms with Gasteiger partial charge in [-0.2, -0.15) is 10.2 Å². The maximum Gasteiger partial charge on any atom is 0.136 e. The second-order valence-electron chi connectivity index (χ2n) is 7.75. The molecule has 1 aliphatic rings. The molecule has 1 atom stereocenters. The van der Waals surface area contributed by atoms with Crippen molar-refractivity contribution in [1.82, 2.24) is 19.6 Å². The summed E-state index contributed by atoms with van der Waals surface area (Å²) in [6.45, 7) is 2.09. The highest BCUT2D eigenvalue weighted by molar-refractivity contribution is 9.10. The van der Waals surface area contributed by atoms with Gasteiger partial charge in [0.15, 0.2) is 0 Å². The molecule has 5 rings (SSSR count). The molecule has 0 spiro atoms. The lowest BCUT2D eigenvalue weighted by molar-refractivity contribution is 0.181. The minimum absolute atomic E-state index is 0.00154. The fourth-order valence-corrected chi connectivity index (χ4v) is 4.84. The molecule has 0 bridgehead atoms. The van der Waals surface area contributed by atoms with E-state index < -0.39 is 0 Å². The normalized spacial score (nSPS) is 15.9. The molecule has 154 valence electrons. The highest BCUT2D eigenvalue weighted by Gasteiger charge is 2.26. The van der Waals surface area contributed by atoms with E-state index in [1.54, 1.807) is 11.8 Å². The fraction of sp³-hybridized carbons (Fsp3) is 0.304. The molecule has 0 saturated carbocycles. The van der Waals surface area contributed by atoms with E-state index in [1.807, 2.05) is 36.4 Å². The van der Waals surface area contributed by atoms with Gasteiger partial charge >= 0.3 is 0 Å². The zero-order valence-electron chi connectivity index (χ0n) is 17.2. The van der Waals surface area contributed by atoms with Crippen molar-refractivity contribution in [2.45, 2.75) is 32.3 Å². The number of methoxy groups -OCH3 is 1. The van der Waals surface area contributed by atoms with Gasteiger partial charge < -0.3 is 9.47 Å². The number of ether oxygens (including phenoxy) is 2. The van der Waals surface area contributed by atoms with Gasteiger partial charge in [-0.15, -0.1) is 0 Å². The molecule has 2 heterocycles. The molecule has 0 N–H and O–H groups in total. The van der Waals surface area contributed by atoms with Crippen LogP contribution in [-0.4, -0.2) is 26.7 Å². The molecule has 0 radical (unpaired) electrons. The van der Waals surface area contributed by atoms with E-state index in [9.17, 15) is 0 Å². The zero-order valence-corrected chi connectivity index (χ0v) is 18.8. The second-order valence-corrected chi connectivity index (χ2v) is 8.61. The van der Waals surface area contributed by atoms with E-state index in [1.165, 1.54) is 11.1 Å². The Morgan fingerprint density at radius 1 is 1.17 bits per heavy atom. The third-order valence-corrected chi connectivity index (χ3v) is 6.39. The second kappa shape index (κ2) is 7.47. The molecule has 0 fully saturated rings. The van der Waals surface area contributed by atoms with Gasteiger partial charge in [0, 0.05) is 24.1 Å². The smallest absolute Gasteiger partial charge is 0.136 e. The third-order valence-electron chi connectivity index (χ3n) is 5.76. The van der Waals surface area contributed by atoms with Gasteiger partial charge in [0.25, 0.3) is 0 Å². The van der Waals surface area contributed by atoms with Crippen LogP contribution < -0.4 is 9.47 Å². The van der Waals surface area contributed by atoms with Crippen LogP contribution in [0.5, 0.6) is 11.5 Å². The largest absolute Gasteiger partial charge is 0.495 e. The van der Waals surface area contributed by atoms with Crippen molar-refractivity contribution in [3.63, 3.8) is 0 Å². The summed E-state index contributed by atoms with van der Waals surface area (Å²) in [6, 6.07) is 8.43. The number of benzene rings is 2. The predicted molar refractivity (Wildman–Crippen MR) is 120 cm³/mol. The number of nitrogens with zero attached hydrogens (tertiary/aromatic N) is 4. The maximum atomic E-state index is 6.59. The molecule has 6 nitrogen and oxygen atoms in total. The van der Waals surface area contributed by atoms with Gasteiger partial charge in [0.05, 0.1) is 35.7 Å². The Balaban J connectivity index is 1.55. The average molecular weight is 467 g/mol. The SMILES string of the molecule is COc1c(Br)ccc2c1CCCC2Oc1cc2c(cnn2-c2cnn(C)c2)cc1C. The minimum atomic E-state index is 0.00154. The lowest BCUT2D eigenvalue weighted by atomic mass is 9.88. The molecule has 1 unspecified atom stereocenters. The Labute approximate surface area is 183 Å². The van der Waals surface area contributed by atoms with Crippen LogP contribution in [0.1, 0.15) is 35.6 Å².